The average Bonchev–Trinajstić information content (AvgIpc) is 2.63. The van der Waals surface area contributed by atoms with Crippen molar-refractivity contribution in [2.45, 2.75) is 51.2 Å². The van der Waals surface area contributed by atoms with Gasteiger partial charge in [-0.3, -0.25) is 0 Å². The lowest BCUT2D eigenvalue weighted by Gasteiger charge is -2.32. The zero-order valence-corrected chi connectivity index (χ0v) is 14.0. The Hall–Kier alpha value is -1.42. The molecule has 0 amide bonds. The summed E-state index contributed by atoms with van der Waals surface area (Å²) in [5.74, 6) is -0.558. The van der Waals surface area contributed by atoms with Gasteiger partial charge in [0.15, 0.2) is 6.61 Å². The van der Waals surface area contributed by atoms with Crippen molar-refractivity contribution in [1.29, 1.82) is 0 Å². The van der Waals surface area contributed by atoms with Crippen molar-refractivity contribution >= 4 is 12.6 Å². The summed E-state index contributed by atoms with van der Waals surface area (Å²) >= 11 is 0. The monoisotopic (exact) mass is 370 g/mol. The predicted molar refractivity (Wildman–Crippen MR) is 78.7 cm³/mol. The van der Waals surface area contributed by atoms with E-state index in [1.807, 2.05) is 0 Å². The molecule has 1 aliphatic heterocycles. The summed E-state index contributed by atoms with van der Waals surface area (Å²) in [4.78, 5) is 0. The Morgan fingerprint density at radius 1 is 0.920 bits per heavy atom. The van der Waals surface area contributed by atoms with Crippen molar-refractivity contribution in [3.63, 3.8) is 0 Å². The molecule has 0 unspecified atom stereocenters. The maximum Gasteiger partial charge on any atom is 0.494 e. The van der Waals surface area contributed by atoms with Gasteiger partial charge in [0, 0.05) is 0 Å². The van der Waals surface area contributed by atoms with E-state index in [0.717, 1.165) is 12.1 Å². The van der Waals surface area contributed by atoms with Gasteiger partial charge in [-0.15, -0.1) is 0 Å². The number of hydrogen-bond acceptors (Lipinski definition) is 3. The minimum absolute atomic E-state index is 0.0642. The van der Waals surface area contributed by atoms with Crippen LogP contribution in [-0.2, 0) is 15.5 Å². The van der Waals surface area contributed by atoms with E-state index in [-0.39, 0.29) is 5.46 Å². The van der Waals surface area contributed by atoms with Gasteiger partial charge in [-0.1, -0.05) is 0 Å². The molecule has 0 atom stereocenters. The second-order valence-electron chi connectivity index (χ2n) is 6.78. The first-order valence-electron chi connectivity index (χ1n) is 7.38. The molecule has 1 heterocycles. The van der Waals surface area contributed by atoms with Gasteiger partial charge in [0.1, 0.15) is 5.75 Å². The Morgan fingerprint density at radius 2 is 1.44 bits per heavy atom. The quantitative estimate of drug-likeness (QED) is 0.596. The van der Waals surface area contributed by atoms with E-state index in [0.29, 0.717) is 6.07 Å². The molecule has 0 aliphatic carbocycles. The molecule has 3 nitrogen and oxygen atoms in total. The molecule has 0 bridgehead atoms. The van der Waals surface area contributed by atoms with Crippen molar-refractivity contribution in [2.24, 2.45) is 0 Å². The third-order valence-corrected chi connectivity index (χ3v) is 4.18. The number of rotatable bonds is 3. The summed E-state index contributed by atoms with van der Waals surface area (Å²) in [7, 11) is -1.15. The largest absolute Gasteiger partial charge is 0.494 e. The van der Waals surface area contributed by atoms with Crippen molar-refractivity contribution in [3.8, 4) is 5.75 Å². The van der Waals surface area contributed by atoms with E-state index >= 15 is 0 Å². The number of alkyl halides is 6. The third kappa shape index (κ3) is 4.61. The van der Waals surface area contributed by atoms with Gasteiger partial charge in [0.25, 0.3) is 0 Å². The molecule has 1 aromatic rings. The van der Waals surface area contributed by atoms with Crippen LogP contribution in [0, 0.1) is 0 Å². The highest BCUT2D eigenvalue weighted by Gasteiger charge is 2.52. The highest BCUT2D eigenvalue weighted by Crippen LogP contribution is 2.38. The summed E-state index contributed by atoms with van der Waals surface area (Å²) < 4.78 is 91.8. The van der Waals surface area contributed by atoms with Crippen molar-refractivity contribution in [1.82, 2.24) is 0 Å². The van der Waals surface area contributed by atoms with E-state index in [4.69, 9.17) is 9.31 Å². The molecule has 1 saturated heterocycles. The summed E-state index contributed by atoms with van der Waals surface area (Å²) in [6, 6.07) is 2.35. The zero-order chi connectivity index (χ0) is 19.3. The zero-order valence-electron chi connectivity index (χ0n) is 14.0. The summed E-state index contributed by atoms with van der Waals surface area (Å²) in [5.41, 5.74) is -2.82. The van der Waals surface area contributed by atoms with Gasteiger partial charge in [-0.2, -0.15) is 26.3 Å². The SMILES string of the molecule is CC1(C)OB(c2cc(OCC(F)(F)F)cc(C(F)(F)F)c2)OC1(C)C. The topological polar surface area (TPSA) is 27.7 Å². The lowest BCUT2D eigenvalue weighted by atomic mass is 9.78. The Kier molecular flexibility index (Phi) is 4.84. The molecule has 1 fully saturated rings. The Labute approximate surface area is 141 Å². The Balaban J connectivity index is 2.38. The van der Waals surface area contributed by atoms with E-state index in [1.54, 1.807) is 27.7 Å². The maximum absolute atomic E-state index is 13.1. The lowest BCUT2D eigenvalue weighted by Crippen LogP contribution is -2.41. The molecule has 0 aromatic heterocycles. The number of ether oxygens (including phenoxy) is 1. The van der Waals surface area contributed by atoms with Crippen molar-refractivity contribution in [2.75, 3.05) is 6.61 Å². The Bertz CT molecular complexity index is 623. The third-order valence-electron chi connectivity index (χ3n) is 4.18. The van der Waals surface area contributed by atoms with Gasteiger partial charge in [-0.25, -0.2) is 0 Å². The van der Waals surface area contributed by atoms with E-state index < -0.39 is 48.6 Å². The smallest absolute Gasteiger partial charge is 0.484 e. The molecule has 25 heavy (non-hydrogen) atoms. The maximum atomic E-state index is 13.1. The summed E-state index contributed by atoms with van der Waals surface area (Å²) in [5, 5.41) is 0. The minimum Gasteiger partial charge on any atom is -0.484 e. The molecule has 2 rings (SSSR count). The van der Waals surface area contributed by atoms with Crippen LogP contribution >= 0.6 is 0 Å². The fourth-order valence-corrected chi connectivity index (χ4v) is 2.15. The van der Waals surface area contributed by atoms with Crippen LogP contribution in [0.1, 0.15) is 33.3 Å². The predicted octanol–water partition coefficient (Wildman–Crippen LogP) is 3.95. The number of hydrogen-bond donors (Lipinski definition) is 0. The van der Waals surface area contributed by atoms with Crippen LogP contribution in [0.4, 0.5) is 26.3 Å². The van der Waals surface area contributed by atoms with Crippen LogP contribution in [-0.4, -0.2) is 31.1 Å². The molecule has 0 N–H and O–H groups in total. The van der Waals surface area contributed by atoms with Gasteiger partial charge < -0.3 is 14.0 Å². The van der Waals surface area contributed by atoms with Crippen molar-refractivity contribution in [3.05, 3.63) is 23.8 Å². The normalized spacial score (nSPS) is 20.0. The van der Waals surface area contributed by atoms with Crippen LogP contribution in [0.3, 0.4) is 0 Å². The molecule has 140 valence electrons. The highest BCUT2D eigenvalue weighted by atomic mass is 19.4. The molecule has 0 radical (unpaired) electrons. The van der Waals surface area contributed by atoms with Crippen LogP contribution in [0.2, 0.25) is 0 Å². The molecular weight excluding hydrogens is 353 g/mol. The summed E-state index contributed by atoms with van der Waals surface area (Å²) in [6.45, 7) is 5.14. The number of benzene rings is 1. The van der Waals surface area contributed by atoms with Gasteiger partial charge in [-0.05, 0) is 51.4 Å². The molecule has 1 aliphatic rings. The molecule has 0 spiro atoms. The van der Waals surface area contributed by atoms with E-state index in [1.165, 1.54) is 0 Å². The highest BCUT2D eigenvalue weighted by molar-refractivity contribution is 6.62. The van der Waals surface area contributed by atoms with Gasteiger partial charge >= 0.3 is 19.5 Å². The molecule has 10 heteroatoms. The van der Waals surface area contributed by atoms with Gasteiger partial charge in [0.2, 0.25) is 0 Å². The second-order valence-corrected chi connectivity index (χ2v) is 6.78. The molecule has 0 saturated carbocycles. The van der Waals surface area contributed by atoms with E-state index in [9.17, 15) is 26.3 Å². The first-order valence-corrected chi connectivity index (χ1v) is 7.38. The fraction of sp³-hybridized carbons (Fsp3) is 0.600. The van der Waals surface area contributed by atoms with Crippen LogP contribution < -0.4 is 10.2 Å². The number of halogens is 6. The second kappa shape index (κ2) is 6.08. The molecular formula is C15H17BF6O3. The van der Waals surface area contributed by atoms with Gasteiger partial charge in [0.05, 0.1) is 16.8 Å². The van der Waals surface area contributed by atoms with Crippen molar-refractivity contribution < 1.29 is 40.4 Å². The lowest BCUT2D eigenvalue weighted by molar-refractivity contribution is -0.153. The average molecular weight is 370 g/mol. The van der Waals surface area contributed by atoms with Crippen LogP contribution in [0.5, 0.6) is 5.75 Å². The standard InChI is InChI=1S/C15H17BF6O3/c1-12(2)13(3,4)25-16(24-12)10-5-9(15(20,21)22)6-11(7-10)23-8-14(17,18)19/h5-7H,8H2,1-4H3. The fourth-order valence-electron chi connectivity index (χ4n) is 2.15. The minimum atomic E-state index is -4.75. The summed E-state index contributed by atoms with van der Waals surface area (Å²) in [6.07, 6.45) is -9.42. The van der Waals surface area contributed by atoms with Crippen LogP contribution in [0.25, 0.3) is 0 Å². The Morgan fingerprint density at radius 3 is 1.88 bits per heavy atom. The van der Waals surface area contributed by atoms with Crippen LogP contribution in [0.15, 0.2) is 18.2 Å². The first kappa shape index (κ1) is 19.9. The first-order chi connectivity index (χ1) is 11.1. The molecule has 1 aromatic carbocycles. The van der Waals surface area contributed by atoms with E-state index in [2.05, 4.69) is 4.74 Å².